The summed E-state index contributed by atoms with van der Waals surface area (Å²) in [6.45, 7) is 4.28. The molecule has 0 bridgehead atoms. The van der Waals surface area contributed by atoms with Gasteiger partial charge < -0.3 is 10.2 Å². The van der Waals surface area contributed by atoms with E-state index in [1.165, 1.54) is 30.8 Å². The van der Waals surface area contributed by atoms with E-state index in [-0.39, 0.29) is 11.9 Å². The molecule has 0 saturated carbocycles. The van der Waals surface area contributed by atoms with E-state index in [4.69, 9.17) is 0 Å². The van der Waals surface area contributed by atoms with E-state index < -0.39 is 0 Å². The van der Waals surface area contributed by atoms with Crippen molar-refractivity contribution in [3.8, 4) is 0 Å². The molecule has 2 aromatic rings. The fourth-order valence-electron chi connectivity index (χ4n) is 2.77. The van der Waals surface area contributed by atoms with E-state index in [1.807, 2.05) is 13.0 Å². The highest BCUT2D eigenvalue weighted by atomic mass is 19.1. The Labute approximate surface area is 124 Å². The number of halogens is 1. The maximum atomic E-state index is 13.2. The van der Waals surface area contributed by atoms with Gasteiger partial charge in [-0.1, -0.05) is 6.07 Å². The van der Waals surface area contributed by atoms with Crippen LogP contribution < -0.4 is 10.2 Å². The van der Waals surface area contributed by atoms with Crippen molar-refractivity contribution in [1.82, 2.24) is 4.98 Å². The van der Waals surface area contributed by atoms with Crippen LogP contribution in [0.3, 0.4) is 0 Å². The van der Waals surface area contributed by atoms with Gasteiger partial charge in [-0.2, -0.15) is 0 Å². The van der Waals surface area contributed by atoms with Crippen molar-refractivity contribution in [3.05, 3.63) is 54.1 Å². The first-order chi connectivity index (χ1) is 10.2. The number of nitrogens with zero attached hydrogens (tertiary/aromatic N) is 2. The summed E-state index contributed by atoms with van der Waals surface area (Å²) in [5.41, 5.74) is 3.15. The average Bonchev–Trinajstić information content (AvgIpc) is 3.02. The number of nitrogens with one attached hydrogen (secondary N) is 1. The molecule has 4 heteroatoms. The fraction of sp³-hybridized carbons (Fsp3) is 0.353. The first kappa shape index (κ1) is 13.9. The molecule has 1 N–H and O–H groups in total. The summed E-state index contributed by atoms with van der Waals surface area (Å²) in [5, 5.41) is 3.42. The first-order valence-electron chi connectivity index (χ1n) is 7.44. The predicted molar refractivity (Wildman–Crippen MR) is 84.1 cm³/mol. The van der Waals surface area contributed by atoms with E-state index in [2.05, 4.69) is 33.4 Å². The molecule has 1 saturated heterocycles. The summed E-state index contributed by atoms with van der Waals surface area (Å²) in [6.07, 6.45) is 5.46. The van der Waals surface area contributed by atoms with Gasteiger partial charge in [0.25, 0.3) is 0 Å². The molecule has 1 fully saturated rings. The highest BCUT2D eigenvalue weighted by Gasteiger charge is 2.13. The molecule has 0 spiro atoms. The molecule has 21 heavy (non-hydrogen) atoms. The maximum Gasteiger partial charge on any atom is 0.141 e. The molecule has 2 heterocycles. The second-order valence-corrected chi connectivity index (χ2v) is 5.55. The van der Waals surface area contributed by atoms with E-state index in [0.29, 0.717) is 0 Å². The van der Waals surface area contributed by atoms with Crippen LogP contribution >= 0.6 is 0 Å². The SMILES string of the molecule is CC(Nc1cccc(N2CCCC2)c1)c1cncc(F)c1. The summed E-state index contributed by atoms with van der Waals surface area (Å²) >= 11 is 0. The summed E-state index contributed by atoms with van der Waals surface area (Å²) < 4.78 is 13.2. The van der Waals surface area contributed by atoms with E-state index in [0.717, 1.165) is 24.3 Å². The maximum absolute atomic E-state index is 13.2. The molecule has 1 aromatic heterocycles. The lowest BCUT2D eigenvalue weighted by Crippen LogP contribution is -2.17. The Hall–Kier alpha value is -2.10. The average molecular weight is 285 g/mol. The van der Waals surface area contributed by atoms with Crippen molar-refractivity contribution in [2.45, 2.75) is 25.8 Å². The third kappa shape index (κ3) is 3.32. The van der Waals surface area contributed by atoms with Gasteiger partial charge in [-0.15, -0.1) is 0 Å². The Bertz CT molecular complexity index is 608. The molecule has 3 nitrogen and oxygen atoms in total. The van der Waals surface area contributed by atoms with Crippen molar-refractivity contribution < 1.29 is 4.39 Å². The smallest absolute Gasteiger partial charge is 0.141 e. The number of anilines is 2. The van der Waals surface area contributed by atoms with Crippen LogP contribution in [0.1, 0.15) is 31.4 Å². The molecular formula is C17H20FN3. The van der Waals surface area contributed by atoms with Crippen LogP contribution in [0.5, 0.6) is 0 Å². The normalized spacial score (nSPS) is 16.0. The highest BCUT2D eigenvalue weighted by molar-refractivity contribution is 5.59. The Kier molecular flexibility index (Phi) is 4.04. The van der Waals surface area contributed by atoms with E-state index in [9.17, 15) is 4.39 Å². The van der Waals surface area contributed by atoms with Gasteiger partial charge in [0, 0.05) is 30.7 Å². The van der Waals surface area contributed by atoms with Crippen molar-refractivity contribution in [3.63, 3.8) is 0 Å². The van der Waals surface area contributed by atoms with Gasteiger partial charge in [-0.05, 0) is 49.6 Å². The van der Waals surface area contributed by atoms with E-state index >= 15 is 0 Å². The van der Waals surface area contributed by atoms with Gasteiger partial charge in [-0.25, -0.2) is 4.39 Å². The minimum Gasteiger partial charge on any atom is -0.378 e. The highest BCUT2D eigenvalue weighted by Crippen LogP contribution is 2.25. The lowest BCUT2D eigenvalue weighted by atomic mass is 10.1. The molecule has 1 unspecified atom stereocenters. The van der Waals surface area contributed by atoms with Gasteiger partial charge >= 0.3 is 0 Å². The Morgan fingerprint density at radius 3 is 2.76 bits per heavy atom. The van der Waals surface area contributed by atoms with Crippen LogP contribution in [0.4, 0.5) is 15.8 Å². The van der Waals surface area contributed by atoms with Crippen LogP contribution in [0, 0.1) is 5.82 Å². The summed E-state index contributed by atoms with van der Waals surface area (Å²) in [5.74, 6) is -0.299. The molecule has 1 aliphatic heterocycles. The van der Waals surface area contributed by atoms with Crippen LogP contribution in [0.15, 0.2) is 42.7 Å². The summed E-state index contributed by atoms with van der Waals surface area (Å²) in [7, 11) is 0. The molecule has 0 radical (unpaired) electrons. The lowest BCUT2D eigenvalue weighted by molar-refractivity contribution is 0.616. The molecular weight excluding hydrogens is 265 g/mol. The van der Waals surface area contributed by atoms with Crippen molar-refractivity contribution in [2.75, 3.05) is 23.3 Å². The van der Waals surface area contributed by atoms with Crippen molar-refractivity contribution >= 4 is 11.4 Å². The van der Waals surface area contributed by atoms with Gasteiger partial charge in [0.2, 0.25) is 0 Å². The minimum absolute atomic E-state index is 0.0158. The minimum atomic E-state index is -0.299. The third-order valence-corrected chi connectivity index (χ3v) is 3.93. The molecule has 110 valence electrons. The number of rotatable bonds is 4. The summed E-state index contributed by atoms with van der Waals surface area (Å²) in [4.78, 5) is 6.31. The zero-order valence-corrected chi connectivity index (χ0v) is 12.2. The predicted octanol–water partition coefficient (Wildman–Crippen LogP) is 3.99. The van der Waals surface area contributed by atoms with Gasteiger partial charge in [0.05, 0.1) is 12.2 Å². The third-order valence-electron chi connectivity index (χ3n) is 3.93. The van der Waals surface area contributed by atoms with Crippen LogP contribution in [0.2, 0.25) is 0 Å². The van der Waals surface area contributed by atoms with Gasteiger partial charge in [0.1, 0.15) is 5.82 Å². The second-order valence-electron chi connectivity index (χ2n) is 5.55. The van der Waals surface area contributed by atoms with E-state index in [1.54, 1.807) is 6.20 Å². The van der Waals surface area contributed by atoms with Crippen LogP contribution in [-0.2, 0) is 0 Å². The molecule has 0 aliphatic carbocycles. The molecule has 1 aromatic carbocycles. The van der Waals surface area contributed by atoms with Crippen molar-refractivity contribution in [1.29, 1.82) is 0 Å². The monoisotopic (exact) mass is 285 g/mol. The van der Waals surface area contributed by atoms with Crippen LogP contribution in [-0.4, -0.2) is 18.1 Å². The number of hydrogen-bond acceptors (Lipinski definition) is 3. The Balaban J connectivity index is 1.73. The Morgan fingerprint density at radius 2 is 2.00 bits per heavy atom. The number of hydrogen-bond donors (Lipinski definition) is 1. The van der Waals surface area contributed by atoms with Crippen LogP contribution in [0.25, 0.3) is 0 Å². The largest absolute Gasteiger partial charge is 0.378 e. The standard InChI is InChI=1S/C17H20FN3/c1-13(14-9-15(18)12-19-11-14)20-16-5-4-6-17(10-16)21-7-2-3-8-21/h4-6,9-13,20H,2-3,7-8H2,1H3. The number of benzene rings is 1. The zero-order valence-electron chi connectivity index (χ0n) is 12.2. The van der Waals surface area contributed by atoms with Crippen molar-refractivity contribution in [2.24, 2.45) is 0 Å². The van der Waals surface area contributed by atoms with Gasteiger partial charge in [0.15, 0.2) is 0 Å². The molecule has 3 rings (SSSR count). The second kappa shape index (κ2) is 6.12. The van der Waals surface area contributed by atoms with Gasteiger partial charge in [-0.3, -0.25) is 4.98 Å². The Morgan fingerprint density at radius 1 is 1.19 bits per heavy atom. The quantitative estimate of drug-likeness (QED) is 0.920. The number of aromatic nitrogens is 1. The topological polar surface area (TPSA) is 28.2 Å². The fourth-order valence-corrected chi connectivity index (χ4v) is 2.77. The molecule has 0 amide bonds. The molecule has 1 atom stereocenters. The summed E-state index contributed by atoms with van der Waals surface area (Å²) in [6, 6.07) is 9.95. The molecule has 1 aliphatic rings. The number of pyridine rings is 1. The first-order valence-corrected chi connectivity index (χ1v) is 7.44. The zero-order chi connectivity index (χ0) is 14.7. The lowest BCUT2D eigenvalue weighted by Gasteiger charge is -2.20.